The van der Waals surface area contributed by atoms with Gasteiger partial charge in [-0.25, -0.2) is 4.98 Å². The molecule has 2 N–H and O–H groups in total. The van der Waals surface area contributed by atoms with E-state index in [1.54, 1.807) is 17.5 Å². The summed E-state index contributed by atoms with van der Waals surface area (Å²) < 4.78 is 5.95. The number of hydrogen-bond donors (Lipinski definition) is 2. The largest absolute Gasteiger partial charge is 0.455 e. The van der Waals surface area contributed by atoms with Crippen LogP contribution >= 0.6 is 11.3 Å². The molecule has 3 rings (SSSR count). The number of rotatable bonds is 8. The average molecular weight is 396 g/mol. The van der Waals surface area contributed by atoms with Crippen LogP contribution < -0.4 is 15.4 Å². The molecule has 0 spiro atoms. The van der Waals surface area contributed by atoms with E-state index < -0.39 is 0 Å². The molecule has 0 saturated heterocycles. The van der Waals surface area contributed by atoms with Gasteiger partial charge in [-0.05, 0) is 44.5 Å². The van der Waals surface area contributed by atoms with Crippen molar-refractivity contribution in [3.05, 3.63) is 70.7 Å². The van der Waals surface area contributed by atoms with Gasteiger partial charge in [-0.1, -0.05) is 36.8 Å². The van der Waals surface area contributed by atoms with E-state index in [1.165, 1.54) is 5.56 Å². The number of para-hydroxylation sites is 2. The Bertz CT molecular complexity index is 910. The Balaban J connectivity index is 1.65. The molecule has 1 heterocycles. The summed E-state index contributed by atoms with van der Waals surface area (Å²) in [4.78, 5) is 16.9. The first-order valence-electron chi connectivity index (χ1n) is 9.28. The van der Waals surface area contributed by atoms with Gasteiger partial charge < -0.3 is 10.1 Å². The maximum atomic E-state index is 12.5. The molecule has 6 heteroatoms. The van der Waals surface area contributed by atoms with E-state index in [2.05, 4.69) is 29.5 Å². The van der Waals surface area contributed by atoms with Crippen LogP contribution in [0.1, 0.15) is 30.8 Å². The molecule has 1 atom stereocenters. The van der Waals surface area contributed by atoms with Crippen LogP contribution in [-0.4, -0.2) is 17.4 Å². The standard InChI is InChI=1S/C22H25N3O2S/c1-4-22(3,21-23-13-14-28-21)24-15-20(26)25-18-7-5-6-8-19(18)27-17-11-9-16(2)10-12-17/h5-14,24H,4,15H2,1-3H3,(H,25,26)/t22-/m1/s1. The first-order valence-corrected chi connectivity index (χ1v) is 10.2. The predicted molar refractivity (Wildman–Crippen MR) is 114 cm³/mol. The zero-order chi connectivity index (χ0) is 20.0. The zero-order valence-electron chi connectivity index (χ0n) is 16.4. The molecular weight excluding hydrogens is 370 g/mol. The van der Waals surface area contributed by atoms with Gasteiger partial charge in [0.25, 0.3) is 0 Å². The van der Waals surface area contributed by atoms with Crippen LogP contribution in [0.5, 0.6) is 11.5 Å². The van der Waals surface area contributed by atoms with Crippen molar-refractivity contribution in [2.24, 2.45) is 0 Å². The summed E-state index contributed by atoms with van der Waals surface area (Å²) in [5.74, 6) is 1.21. The fourth-order valence-corrected chi connectivity index (χ4v) is 3.56. The molecule has 0 aliphatic carbocycles. The number of hydrogen-bond acceptors (Lipinski definition) is 5. The van der Waals surface area contributed by atoms with Crippen LogP contribution in [0.3, 0.4) is 0 Å². The topological polar surface area (TPSA) is 63.2 Å². The van der Waals surface area contributed by atoms with E-state index in [1.807, 2.05) is 60.8 Å². The molecule has 0 fully saturated rings. The van der Waals surface area contributed by atoms with Gasteiger partial charge in [-0.3, -0.25) is 10.1 Å². The Kier molecular flexibility index (Phi) is 6.44. The van der Waals surface area contributed by atoms with Crippen molar-refractivity contribution >= 4 is 22.9 Å². The number of nitrogens with zero attached hydrogens (tertiary/aromatic N) is 1. The summed E-state index contributed by atoms with van der Waals surface area (Å²) in [6.45, 7) is 6.36. The lowest BCUT2D eigenvalue weighted by molar-refractivity contribution is -0.115. The summed E-state index contributed by atoms with van der Waals surface area (Å²) in [6.07, 6.45) is 2.62. The van der Waals surface area contributed by atoms with Crippen LogP contribution in [0, 0.1) is 6.92 Å². The lowest BCUT2D eigenvalue weighted by Crippen LogP contribution is -2.43. The van der Waals surface area contributed by atoms with Crippen LogP contribution in [-0.2, 0) is 10.3 Å². The van der Waals surface area contributed by atoms with Gasteiger partial charge in [0, 0.05) is 11.6 Å². The van der Waals surface area contributed by atoms with E-state index in [0.717, 1.165) is 17.2 Å². The molecule has 0 aliphatic heterocycles. The van der Waals surface area contributed by atoms with Gasteiger partial charge in [0.15, 0.2) is 5.75 Å². The summed E-state index contributed by atoms with van der Waals surface area (Å²) in [7, 11) is 0. The normalized spacial score (nSPS) is 13.0. The van der Waals surface area contributed by atoms with E-state index in [4.69, 9.17) is 4.74 Å². The molecule has 146 valence electrons. The summed E-state index contributed by atoms with van der Waals surface area (Å²) in [5.41, 5.74) is 1.48. The van der Waals surface area contributed by atoms with Crippen molar-refractivity contribution in [3.63, 3.8) is 0 Å². The van der Waals surface area contributed by atoms with Crippen molar-refractivity contribution in [2.75, 3.05) is 11.9 Å². The molecule has 5 nitrogen and oxygen atoms in total. The summed E-state index contributed by atoms with van der Waals surface area (Å²) >= 11 is 1.59. The van der Waals surface area contributed by atoms with Gasteiger partial charge in [-0.15, -0.1) is 11.3 Å². The van der Waals surface area contributed by atoms with Crippen LogP contribution in [0.25, 0.3) is 0 Å². The minimum Gasteiger partial charge on any atom is -0.455 e. The Morgan fingerprint density at radius 1 is 1.18 bits per heavy atom. The highest BCUT2D eigenvalue weighted by Gasteiger charge is 2.27. The minimum atomic E-state index is -0.330. The molecule has 2 aromatic carbocycles. The molecule has 1 amide bonds. The monoisotopic (exact) mass is 395 g/mol. The number of carbonyl (C=O) groups is 1. The number of aryl methyl sites for hydroxylation is 1. The molecule has 3 aromatic rings. The lowest BCUT2D eigenvalue weighted by atomic mass is 10.00. The van der Waals surface area contributed by atoms with Crippen molar-refractivity contribution in [2.45, 2.75) is 32.7 Å². The molecule has 0 saturated carbocycles. The summed E-state index contributed by atoms with van der Waals surface area (Å²) in [5, 5.41) is 9.21. The first-order chi connectivity index (χ1) is 13.5. The van der Waals surface area contributed by atoms with E-state index in [0.29, 0.717) is 11.4 Å². The number of anilines is 1. The SMILES string of the molecule is CC[C@@](C)(NCC(=O)Nc1ccccc1Oc1ccc(C)cc1)c1nccs1. The Labute approximate surface area is 169 Å². The molecule has 0 unspecified atom stereocenters. The predicted octanol–water partition coefficient (Wildman–Crippen LogP) is 5.10. The molecule has 0 radical (unpaired) electrons. The number of thiazole rings is 1. The smallest absolute Gasteiger partial charge is 0.238 e. The summed E-state index contributed by atoms with van der Waals surface area (Å²) in [6, 6.07) is 15.2. The highest BCUT2D eigenvalue weighted by molar-refractivity contribution is 7.09. The van der Waals surface area contributed by atoms with Crippen molar-refractivity contribution in [1.82, 2.24) is 10.3 Å². The fourth-order valence-electron chi connectivity index (χ4n) is 2.71. The molecule has 28 heavy (non-hydrogen) atoms. The minimum absolute atomic E-state index is 0.129. The van der Waals surface area contributed by atoms with Gasteiger partial charge in [0.05, 0.1) is 17.8 Å². The van der Waals surface area contributed by atoms with E-state index in [9.17, 15) is 4.79 Å². The third-order valence-corrected chi connectivity index (χ3v) is 5.70. The Morgan fingerprint density at radius 2 is 1.93 bits per heavy atom. The molecular formula is C22H25N3O2S. The second kappa shape index (κ2) is 8.99. The van der Waals surface area contributed by atoms with Gasteiger partial charge in [-0.2, -0.15) is 0 Å². The zero-order valence-corrected chi connectivity index (χ0v) is 17.2. The van der Waals surface area contributed by atoms with Crippen LogP contribution in [0.15, 0.2) is 60.1 Å². The van der Waals surface area contributed by atoms with Gasteiger partial charge >= 0.3 is 0 Å². The van der Waals surface area contributed by atoms with Crippen molar-refractivity contribution in [1.29, 1.82) is 0 Å². The van der Waals surface area contributed by atoms with Crippen LogP contribution in [0.2, 0.25) is 0 Å². The quantitative estimate of drug-likeness (QED) is 0.557. The number of aromatic nitrogens is 1. The fraction of sp³-hybridized carbons (Fsp3) is 0.273. The number of ether oxygens (including phenoxy) is 1. The van der Waals surface area contributed by atoms with Gasteiger partial charge in [0.2, 0.25) is 5.91 Å². The molecule has 0 aliphatic rings. The second-order valence-corrected chi connectivity index (χ2v) is 7.73. The van der Waals surface area contributed by atoms with Crippen molar-refractivity contribution in [3.8, 4) is 11.5 Å². The van der Waals surface area contributed by atoms with Crippen molar-refractivity contribution < 1.29 is 9.53 Å². The maximum absolute atomic E-state index is 12.5. The highest BCUT2D eigenvalue weighted by atomic mass is 32.1. The van der Waals surface area contributed by atoms with Gasteiger partial charge in [0.1, 0.15) is 10.8 Å². The van der Waals surface area contributed by atoms with E-state index in [-0.39, 0.29) is 18.0 Å². The number of benzene rings is 2. The third-order valence-electron chi connectivity index (χ3n) is 4.66. The molecule has 1 aromatic heterocycles. The number of amides is 1. The van der Waals surface area contributed by atoms with Crippen LogP contribution in [0.4, 0.5) is 5.69 Å². The maximum Gasteiger partial charge on any atom is 0.238 e. The number of carbonyl (C=O) groups excluding carboxylic acids is 1. The lowest BCUT2D eigenvalue weighted by Gasteiger charge is -2.27. The van der Waals surface area contributed by atoms with E-state index >= 15 is 0 Å². The molecule has 0 bridgehead atoms. The average Bonchev–Trinajstić information content (AvgIpc) is 3.25. The second-order valence-electron chi connectivity index (χ2n) is 6.84. The number of nitrogens with one attached hydrogen (secondary N) is 2. The highest BCUT2D eigenvalue weighted by Crippen LogP contribution is 2.30. The Morgan fingerprint density at radius 3 is 2.61 bits per heavy atom. The first kappa shape index (κ1) is 20.0. The Hall–Kier alpha value is -2.70. The third kappa shape index (κ3) is 4.97.